The zero-order valence-electron chi connectivity index (χ0n) is 18.1. The highest BCUT2D eigenvalue weighted by Crippen LogP contribution is 2.36. The molecule has 0 unspecified atom stereocenters. The zero-order valence-corrected chi connectivity index (χ0v) is 18.9. The third-order valence-electron chi connectivity index (χ3n) is 6.48. The van der Waals surface area contributed by atoms with E-state index in [9.17, 15) is 20.4 Å². The normalized spacial score (nSPS) is 25.7. The molecule has 1 aliphatic rings. The Kier molecular flexibility index (Phi) is 5.91. The molecule has 4 aromatic rings. The Hall–Kier alpha value is -2.45. The smallest absolute Gasteiger partial charge is 0.163 e. The lowest BCUT2D eigenvalue weighted by atomic mass is 9.98. The van der Waals surface area contributed by atoms with Gasteiger partial charge in [-0.2, -0.15) is 0 Å². The second-order valence-electron chi connectivity index (χ2n) is 8.78. The van der Waals surface area contributed by atoms with E-state index in [2.05, 4.69) is 43.3 Å². The van der Waals surface area contributed by atoms with E-state index in [1.54, 1.807) is 4.57 Å². The van der Waals surface area contributed by atoms with E-state index in [0.717, 1.165) is 27.4 Å². The van der Waals surface area contributed by atoms with Gasteiger partial charge in [0, 0.05) is 11.6 Å². The number of aryl methyl sites for hydroxylation is 1. The molecule has 0 radical (unpaired) electrons. The van der Waals surface area contributed by atoms with Crippen LogP contribution in [0.3, 0.4) is 0 Å². The summed E-state index contributed by atoms with van der Waals surface area (Å²) in [6.45, 7) is 1.59. The summed E-state index contributed by atoms with van der Waals surface area (Å²) in [5.74, 6) is 0. The number of fused-ring (bicyclic) bond motifs is 2. The van der Waals surface area contributed by atoms with Crippen molar-refractivity contribution >= 4 is 33.3 Å². The summed E-state index contributed by atoms with van der Waals surface area (Å²) in [4.78, 5) is 0. The largest absolute Gasteiger partial charge is 0.394 e. The van der Waals surface area contributed by atoms with Gasteiger partial charge in [-0.3, -0.25) is 0 Å². The van der Waals surface area contributed by atoms with Gasteiger partial charge in [-0.15, -0.1) is 0 Å². The Bertz CT molecular complexity index is 1320. The highest BCUT2D eigenvalue weighted by molar-refractivity contribution is 6.35. The van der Waals surface area contributed by atoms with Crippen LogP contribution in [-0.2, 0) is 11.2 Å². The van der Waals surface area contributed by atoms with E-state index in [0.29, 0.717) is 11.4 Å². The summed E-state index contributed by atoms with van der Waals surface area (Å²) >= 11 is 6.59. The summed E-state index contributed by atoms with van der Waals surface area (Å²) in [5.41, 5.74) is 4.00. The number of ether oxygens (including phenoxy) is 1. The van der Waals surface area contributed by atoms with Gasteiger partial charge in [-0.25, -0.2) is 0 Å². The average molecular weight is 468 g/mol. The van der Waals surface area contributed by atoms with Crippen LogP contribution in [0.4, 0.5) is 0 Å². The van der Waals surface area contributed by atoms with Gasteiger partial charge in [-0.05, 0) is 47.4 Å². The zero-order chi connectivity index (χ0) is 23.3. The van der Waals surface area contributed by atoms with Gasteiger partial charge in [0.1, 0.15) is 24.4 Å². The molecular formula is C26H26ClNO5. The lowest BCUT2D eigenvalue weighted by molar-refractivity contribution is -0.250. The Labute approximate surface area is 196 Å². The van der Waals surface area contributed by atoms with Crippen molar-refractivity contribution in [3.63, 3.8) is 0 Å². The Morgan fingerprint density at radius 1 is 0.939 bits per heavy atom. The second-order valence-corrected chi connectivity index (χ2v) is 9.18. The van der Waals surface area contributed by atoms with Crippen LogP contribution in [0.15, 0.2) is 60.8 Å². The summed E-state index contributed by atoms with van der Waals surface area (Å²) < 4.78 is 7.53. The number of benzene rings is 3. The van der Waals surface area contributed by atoms with E-state index in [1.807, 2.05) is 24.4 Å². The van der Waals surface area contributed by atoms with Crippen LogP contribution < -0.4 is 0 Å². The predicted octanol–water partition coefficient (Wildman–Crippen LogP) is 3.32. The molecule has 0 spiro atoms. The molecule has 1 aliphatic heterocycles. The molecule has 1 saturated heterocycles. The highest BCUT2D eigenvalue weighted by atomic mass is 35.5. The van der Waals surface area contributed by atoms with Crippen LogP contribution in [0, 0.1) is 6.92 Å². The monoisotopic (exact) mass is 467 g/mol. The van der Waals surface area contributed by atoms with Crippen molar-refractivity contribution in [2.75, 3.05) is 6.61 Å². The summed E-state index contributed by atoms with van der Waals surface area (Å²) in [7, 11) is 0. The SMILES string of the molecule is Cc1ccc2cc(Cc3cn([C@@H]4O[C@H](CO)[C@@H](O)[C@H](O)[C@H]4O)c4cccc(Cl)c34)ccc2c1. The Balaban J connectivity index is 1.58. The Morgan fingerprint density at radius 2 is 1.70 bits per heavy atom. The van der Waals surface area contributed by atoms with Crippen LogP contribution in [0.25, 0.3) is 21.7 Å². The van der Waals surface area contributed by atoms with E-state index in [1.165, 1.54) is 10.9 Å². The summed E-state index contributed by atoms with van der Waals surface area (Å²) in [5, 5.41) is 44.4. The molecule has 1 fully saturated rings. The summed E-state index contributed by atoms with van der Waals surface area (Å²) in [6.07, 6.45) is -3.75. The molecule has 3 aromatic carbocycles. The third-order valence-corrected chi connectivity index (χ3v) is 6.80. The number of aromatic nitrogens is 1. The van der Waals surface area contributed by atoms with Crippen LogP contribution in [0.1, 0.15) is 22.9 Å². The number of rotatable bonds is 4. The second kappa shape index (κ2) is 8.72. The first kappa shape index (κ1) is 22.3. The van der Waals surface area contributed by atoms with E-state index in [4.69, 9.17) is 16.3 Å². The molecule has 5 atom stereocenters. The molecule has 0 saturated carbocycles. The van der Waals surface area contributed by atoms with Crippen LogP contribution >= 0.6 is 11.6 Å². The molecule has 2 heterocycles. The topological polar surface area (TPSA) is 95.1 Å². The molecule has 0 amide bonds. The lowest BCUT2D eigenvalue weighted by Crippen LogP contribution is -2.56. The number of hydrogen-bond donors (Lipinski definition) is 4. The quantitative estimate of drug-likeness (QED) is 0.369. The standard InChI is InChI=1S/C26H26ClNO5/c1-14-5-7-17-10-15(6-8-16(17)9-14)11-18-12-28(20-4-2-3-19(27)22(18)20)26-25(32)24(31)23(30)21(13-29)33-26/h2-10,12,21,23-26,29-32H,11,13H2,1H3/t21-,23-,24+,25-,26-/m1/s1. The number of halogens is 1. The number of aliphatic hydroxyl groups is 4. The van der Waals surface area contributed by atoms with Gasteiger partial charge in [0.15, 0.2) is 6.23 Å². The predicted molar refractivity (Wildman–Crippen MR) is 127 cm³/mol. The highest BCUT2D eigenvalue weighted by Gasteiger charge is 2.44. The molecule has 5 rings (SSSR count). The maximum Gasteiger partial charge on any atom is 0.163 e. The van der Waals surface area contributed by atoms with Gasteiger partial charge < -0.3 is 29.7 Å². The van der Waals surface area contributed by atoms with Crippen molar-refractivity contribution in [3.05, 3.63) is 82.5 Å². The molecule has 33 heavy (non-hydrogen) atoms. The number of hydrogen-bond acceptors (Lipinski definition) is 5. The van der Waals surface area contributed by atoms with Crippen molar-refractivity contribution in [2.24, 2.45) is 0 Å². The molecule has 4 N–H and O–H groups in total. The molecule has 0 bridgehead atoms. The average Bonchev–Trinajstić information content (AvgIpc) is 3.17. The minimum Gasteiger partial charge on any atom is -0.394 e. The molecule has 172 valence electrons. The van der Waals surface area contributed by atoms with Crippen molar-refractivity contribution in [1.29, 1.82) is 0 Å². The van der Waals surface area contributed by atoms with Crippen LogP contribution in [0.2, 0.25) is 5.02 Å². The van der Waals surface area contributed by atoms with Crippen molar-refractivity contribution in [1.82, 2.24) is 4.57 Å². The molecule has 1 aromatic heterocycles. The van der Waals surface area contributed by atoms with Crippen molar-refractivity contribution in [2.45, 2.75) is 44.0 Å². The van der Waals surface area contributed by atoms with E-state index >= 15 is 0 Å². The first-order valence-electron chi connectivity index (χ1n) is 10.9. The molecular weight excluding hydrogens is 442 g/mol. The fourth-order valence-corrected chi connectivity index (χ4v) is 5.04. The van der Waals surface area contributed by atoms with Gasteiger partial charge in [0.25, 0.3) is 0 Å². The van der Waals surface area contributed by atoms with Crippen molar-refractivity contribution in [3.8, 4) is 0 Å². The maximum atomic E-state index is 10.7. The van der Waals surface area contributed by atoms with Crippen molar-refractivity contribution < 1.29 is 25.2 Å². The Morgan fingerprint density at radius 3 is 2.48 bits per heavy atom. The molecule has 0 aliphatic carbocycles. The van der Waals surface area contributed by atoms with Gasteiger partial charge in [0.2, 0.25) is 0 Å². The first-order valence-corrected chi connectivity index (χ1v) is 11.3. The van der Waals surface area contributed by atoms with Gasteiger partial charge in [0.05, 0.1) is 17.1 Å². The minimum atomic E-state index is -1.45. The lowest BCUT2D eigenvalue weighted by Gasteiger charge is -2.40. The van der Waals surface area contributed by atoms with Crippen LogP contribution in [0.5, 0.6) is 0 Å². The number of nitrogens with zero attached hydrogens (tertiary/aromatic N) is 1. The first-order chi connectivity index (χ1) is 15.9. The van der Waals surface area contributed by atoms with Gasteiger partial charge in [-0.1, -0.05) is 59.6 Å². The maximum absolute atomic E-state index is 10.7. The third kappa shape index (κ3) is 3.93. The van der Waals surface area contributed by atoms with Crippen LogP contribution in [-0.4, -0.2) is 56.0 Å². The molecule has 6 nitrogen and oxygen atoms in total. The number of aliphatic hydroxyl groups excluding tert-OH is 4. The fourth-order valence-electron chi connectivity index (χ4n) is 4.75. The fraction of sp³-hybridized carbons (Fsp3) is 0.308. The summed E-state index contributed by atoms with van der Waals surface area (Å²) in [6, 6.07) is 18.2. The minimum absolute atomic E-state index is 0.481. The van der Waals surface area contributed by atoms with Gasteiger partial charge >= 0.3 is 0 Å². The van der Waals surface area contributed by atoms with E-state index < -0.39 is 37.3 Å². The van der Waals surface area contributed by atoms with E-state index in [-0.39, 0.29) is 0 Å². The molecule has 7 heteroatoms.